The Morgan fingerprint density at radius 1 is 1.24 bits per heavy atom. The van der Waals surface area contributed by atoms with E-state index < -0.39 is 0 Å². The molecule has 0 saturated heterocycles. The molecule has 1 fully saturated rings. The van der Waals surface area contributed by atoms with Gasteiger partial charge >= 0.3 is 0 Å². The standard InChI is InChI=1S/C16H23N5/c1-16(2,3)21-15(19-14-8-9-17-11-18-14)10-13(20-21)12-6-4-5-7-12/h8-12H,4-7H2,1-3H3,(H,17,18,19). The van der Waals surface area contributed by atoms with E-state index in [1.165, 1.54) is 31.4 Å². The minimum atomic E-state index is -0.0633. The predicted molar refractivity (Wildman–Crippen MR) is 83.7 cm³/mol. The molecule has 0 bridgehead atoms. The Balaban J connectivity index is 1.93. The Hall–Kier alpha value is -1.91. The van der Waals surface area contributed by atoms with Crippen molar-refractivity contribution in [2.24, 2.45) is 0 Å². The second kappa shape index (κ2) is 5.47. The zero-order valence-electron chi connectivity index (χ0n) is 13.0. The van der Waals surface area contributed by atoms with Crippen LogP contribution in [0.3, 0.4) is 0 Å². The largest absolute Gasteiger partial charge is 0.325 e. The van der Waals surface area contributed by atoms with Crippen molar-refractivity contribution in [3.8, 4) is 0 Å². The van der Waals surface area contributed by atoms with Crippen LogP contribution in [0.5, 0.6) is 0 Å². The summed E-state index contributed by atoms with van der Waals surface area (Å²) < 4.78 is 2.07. The van der Waals surface area contributed by atoms with Crippen molar-refractivity contribution in [2.75, 3.05) is 5.32 Å². The van der Waals surface area contributed by atoms with E-state index in [0.29, 0.717) is 5.92 Å². The number of aromatic nitrogens is 4. The lowest BCUT2D eigenvalue weighted by molar-refractivity contribution is 0.357. The third-order valence-electron chi connectivity index (χ3n) is 3.98. The number of rotatable bonds is 3. The van der Waals surface area contributed by atoms with Gasteiger partial charge in [-0.05, 0) is 39.7 Å². The summed E-state index contributed by atoms with van der Waals surface area (Å²) in [6, 6.07) is 4.05. The van der Waals surface area contributed by atoms with E-state index in [2.05, 4.69) is 46.8 Å². The number of hydrogen-bond donors (Lipinski definition) is 1. The Bertz CT molecular complexity index is 591. The first-order chi connectivity index (χ1) is 10.0. The molecule has 1 aliphatic rings. The monoisotopic (exact) mass is 285 g/mol. The Kier molecular flexibility index (Phi) is 3.66. The van der Waals surface area contributed by atoms with Crippen molar-refractivity contribution in [2.45, 2.75) is 57.9 Å². The molecule has 0 aliphatic heterocycles. The van der Waals surface area contributed by atoms with E-state index in [9.17, 15) is 0 Å². The van der Waals surface area contributed by atoms with Crippen molar-refractivity contribution >= 4 is 11.6 Å². The molecule has 3 rings (SSSR count). The minimum Gasteiger partial charge on any atom is -0.325 e. The highest BCUT2D eigenvalue weighted by atomic mass is 15.4. The van der Waals surface area contributed by atoms with Gasteiger partial charge in [-0.15, -0.1) is 0 Å². The Labute approximate surface area is 125 Å². The van der Waals surface area contributed by atoms with Gasteiger partial charge in [0.25, 0.3) is 0 Å². The SMILES string of the molecule is CC(C)(C)n1nc(C2CCCC2)cc1Nc1ccncn1. The summed E-state index contributed by atoms with van der Waals surface area (Å²) in [6.45, 7) is 6.51. The first-order valence-electron chi connectivity index (χ1n) is 7.67. The van der Waals surface area contributed by atoms with Crippen molar-refractivity contribution in [3.63, 3.8) is 0 Å². The van der Waals surface area contributed by atoms with Crippen LogP contribution in [-0.4, -0.2) is 19.7 Å². The molecule has 0 amide bonds. The summed E-state index contributed by atoms with van der Waals surface area (Å²) in [5, 5.41) is 8.24. The molecule has 0 atom stereocenters. The second-order valence-corrected chi connectivity index (χ2v) is 6.74. The van der Waals surface area contributed by atoms with Crippen LogP contribution < -0.4 is 5.32 Å². The highest BCUT2D eigenvalue weighted by Crippen LogP contribution is 2.36. The van der Waals surface area contributed by atoms with Crippen LogP contribution in [0.4, 0.5) is 11.6 Å². The number of nitrogens with zero attached hydrogens (tertiary/aromatic N) is 4. The normalized spacial score (nSPS) is 16.3. The molecule has 0 spiro atoms. The summed E-state index contributed by atoms with van der Waals surface area (Å²) in [5.41, 5.74) is 1.14. The molecule has 2 aromatic rings. The summed E-state index contributed by atoms with van der Waals surface area (Å²) in [5.74, 6) is 2.41. The van der Waals surface area contributed by atoms with Crippen LogP contribution in [0.25, 0.3) is 0 Å². The lowest BCUT2D eigenvalue weighted by Crippen LogP contribution is -2.24. The fraction of sp³-hybridized carbons (Fsp3) is 0.562. The van der Waals surface area contributed by atoms with Crippen molar-refractivity contribution in [1.82, 2.24) is 19.7 Å². The zero-order chi connectivity index (χ0) is 14.9. The van der Waals surface area contributed by atoms with Gasteiger partial charge in [0.1, 0.15) is 18.0 Å². The first-order valence-corrected chi connectivity index (χ1v) is 7.67. The molecule has 2 heterocycles. The first kappa shape index (κ1) is 14.0. The molecular weight excluding hydrogens is 262 g/mol. The van der Waals surface area contributed by atoms with E-state index in [1.807, 2.05) is 6.07 Å². The summed E-state index contributed by atoms with van der Waals surface area (Å²) in [7, 11) is 0. The number of hydrogen-bond acceptors (Lipinski definition) is 4. The minimum absolute atomic E-state index is 0.0633. The lowest BCUT2D eigenvalue weighted by Gasteiger charge is -2.22. The number of nitrogens with one attached hydrogen (secondary N) is 1. The van der Waals surface area contributed by atoms with Crippen molar-refractivity contribution in [3.05, 3.63) is 30.4 Å². The van der Waals surface area contributed by atoms with Gasteiger partial charge in [0.2, 0.25) is 0 Å². The van der Waals surface area contributed by atoms with E-state index >= 15 is 0 Å². The van der Waals surface area contributed by atoms with E-state index in [1.54, 1.807) is 12.5 Å². The van der Waals surface area contributed by atoms with Crippen LogP contribution in [0.2, 0.25) is 0 Å². The predicted octanol–water partition coefficient (Wildman–Crippen LogP) is 3.83. The quantitative estimate of drug-likeness (QED) is 0.931. The molecule has 1 aliphatic carbocycles. The van der Waals surface area contributed by atoms with Crippen LogP contribution in [0.15, 0.2) is 24.7 Å². The summed E-state index contributed by atoms with van der Waals surface area (Å²) in [6.07, 6.45) is 8.45. The van der Waals surface area contributed by atoms with Crippen LogP contribution >= 0.6 is 0 Å². The van der Waals surface area contributed by atoms with Crippen LogP contribution in [-0.2, 0) is 5.54 Å². The van der Waals surface area contributed by atoms with Crippen molar-refractivity contribution in [1.29, 1.82) is 0 Å². The molecule has 21 heavy (non-hydrogen) atoms. The summed E-state index contributed by atoms with van der Waals surface area (Å²) >= 11 is 0. The van der Waals surface area contributed by atoms with Gasteiger partial charge in [-0.3, -0.25) is 0 Å². The molecule has 2 aromatic heterocycles. The van der Waals surface area contributed by atoms with Crippen molar-refractivity contribution < 1.29 is 0 Å². The fourth-order valence-electron chi connectivity index (χ4n) is 2.92. The Morgan fingerprint density at radius 2 is 2.00 bits per heavy atom. The van der Waals surface area contributed by atoms with Gasteiger partial charge in [0, 0.05) is 18.2 Å². The molecule has 112 valence electrons. The number of anilines is 2. The topological polar surface area (TPSA) is 55.6 Å². The van der Waals surface area contributed by atoms with Gasteiger partial charge in [0.05, 0.1) is 11.2 Å². The average molecular weight is 285 g/mol. The van der Waals surface area contributed by atoms with E-state index in [-0.39, 0.29) is 5.54 Å². The lowest BCUT2D eigenvalue weighted by atomic mass is 10.0. The second-order valence-electron chi connectivity index (χ2n) is 6.74. The van der Waals surface area contributed by atoms with Crippen LogP contribution in [0.1, 0.15) is 58.1 Å². The summed E-state index contributed by atoms with van der Waals surface area (Å²) in [4.78, 5) is 8.19. The maximum absolute atomic E-state index is 4.87. The molecule has 5 nitrogen and oxygen atoms in total. The van der Waals surface area contributed by atoms with Gasteiger partial charge in [0.15, 0.2) is 0 Å². The fourth-order valence-corrected chi connectivity index (χ4v) is 2.92. The van der Waals surface area contributed by atoms with E-state index in [4.69, 9.17) is 5.10 Å². The third-order valence-corrected chi connectivity index (χ3v) is 3.98. The molecule has 1 saturated carbocycles. The molecule has 0 radical (unpaired) electrons. The smallest absolute Gasteiger partial charge is 0.134 e. The zero-order valence-corrected chi connectivity index (χ0v) is 13.0. The van der Waals surface area contributed by atoms with Gasteiger partial charge in [-0.1, -0.05) is 12.8 Å². The van der Waals surface area contributed by atoms with Gasteiger partial charge in [-0.25, -0.2) is 14.6 Å². The average Bonchev–Trinajstić information content (AvgIpc) is 3.07. The van der Waals surface area contributed by atoms with Crippen LogP contribution in [0, 0.1) is 0 Å². The van der Waals surface area contributed by atoms with E-state index in [0.717, 1.165) is 11.6 Å². The molecule has 0 aromatic carbocycles. The maximum Gasteiger partial charge on any atom is 0.134 e. The highest BCUT2D eigenvalue weighted by Gasteiger charge is 2.25. The maximum atomic E-state index is 4.87. The molecule has 1 N–H and O–H groups in total. The van der Waals surface area contributed by atoms with Gasteiger partial charge in [-0.2, -0.15) is 5.10 Å². The molecule has 5 heteroatoms. The highest BCUT2D eigenvalue weighted by molar-refractivity contribution is 5.52. The van der Waals surface area contributed by atoms with Gasteiger partial charge < -0.3 is 5.32 Å². The molecular formula is C16H23N5. The molecule has 0 unspecified atom stereocenters. The third kappa shape index (κ3) is 3.06. The Morgan fingerprint density at radius 3 is 2.62 bits per heavy atom.